The maximum atomic E-state index is 6.50. The average molecular weight is 296 g/mol. The number of ether oxygens (including phenoxy) is 1. The molecule has 110 valence electrons. The lowest BCUT2D eigenvalue weighted by Gasteiger charge is -2.36. The molecule has 0 saturated carbocycles. The number of hydrogen-bond donors (Lipinski definition) is 0. The smallest absolute Gasteiger partial charge is 0.0912 e. The minimum absolute atomic E-state index is 0.204. The number of hydrogen-bond acceptors (Lipinski definition) is 1. The molecule has 0 radical (unpaired) electrons. The minimum Gasteiger partial charge on any atom is -0.364 e. The average Bonchev–Trinajstić information content (AvgIpc) is 3.20. The van der Waals surface area contributed by atoms with Gasteiger partial charge in [-0.15, -0.1) is 0 Å². The first kappa shape index (κ1) is 12.1. The van der Waals surface area contributed by atoms with E-state index in [-0.39, 0.29) is 12.2 Å². The van der Waals surface area contributed by atoms with Crippen LogP contribution >= 0.6 is 0 Å². The second-order valence-electron chi connectivity index (χ2n) is 6.83. The SMILES string of the molecule is c1ccc2c(c1)-c1ccccc1[C@H]1[C@@H]2[C@H]2O[C@@H]1c1ccccc12. The van der Waals surface area contributed by atoms with Gasteiger partial charge in [0.05, 0.1) is 12.2 Å². The van der Waals surface area contributed by atoms with Crippen LogP contribution in [0.15, 0.2) is 72.8 Å². The van der Waals surface area contributed by atoms with Gasteiger partial charge in [-0.05, 0) is 33.4 Å². The van der Waals surface area contributed by atoms with E-state index in [1.165, 1.54) is 33.4 Å². The Bertz CT molecular complexity index is 865. The summed E-state index contributed by atoms with van der Waals surface area (Å²) in [6.45, 7) is 0. The minimum atomic E-state index is 0.204. The molecule has 0 N–H and O–H groups in total. The van der Waals surface area contributed by atoms with E-state index in [2.05, 4.69) is 72.8 Å². The molecule has 3 aromatic carbocycles. The maximum absolute atomic E-state index is 6.50. The maximum Gasteiger partial charge on any atom is 0.0912 e. The van der Waals surface area contributed by atoms with Crippen LogP contribution < -0.4 is 0 Å². The summed E-state index contributed by atoms with van der Waals surface area (Å²) in [4.78, 5) is 0. The molecule has 1 saturated heterocycles. The molecule has 0 aromatic heterocycles. The highest BCUT2D eigenvalue weighted by atomic mass is 16.5. The van der Waals surface area contributed by atoms with E-state index in [0.717, 1.165) is 0 Å². The summed E-state index contributed by atoms with van der Waals surface area (Å²) in [6.07, 6.45) is 0.409. The van der Waals surface area contributed by atoms with Gasteiger partial charge in [-0.2, -0.15) is 0 Å². The Labute approximate surface area is 135 Å². The van der Waals surface area contributed by atoms with Crippen LogP contribution in [0, 0.1) is 0 Å². The zero-order valence-electron chi connectivity index (χ0n) is 12.6. The lowest BCUT2D eigenvalue weighted by molar-refractivity contribution is 0.0644. The van der Waals surface area contributed by atoms with Gasteiger partial charge < -0.3 is 4.74 Å². The van der Waals surface area contributed by atoms with Crippen LogP contribution in [0.5, 0.6) is 0 Å². The van der Waals surface area contributed by atoms with Crippen molar-refractivity contribution < 1.29 is 4.74 Å². The van der Waals surface area contributed by atoms with Gasteiger partial charge in [0, 0.05) is 11.8 Å². The van der Waals surface area contributed by atoms with Crippen molar-refractivity contribution in [1.29, 1.82) is 0 Å². The van der Waals surface area contributed by atoms with Crippen molar-refractivity contribution in [2.75, 3.05) is 0 Å². The molecule has 1 fully saturated rings. The number of fused-ring (bicyclic) bond motifs is 13. The topological polar surface area (TPSA) is 9.23 Å². The van der Waals surface area contributed by atoms with E-state index in [1.807, 2.05) is 0 Å². The van der Waals surface area contributed by atoms with Gasteiger partial charge in [0.2, 0.25) is 0 Å². The first-order chi connectivity index (χ1) is 11.4. The Balaban J connectivity index is 1.68. The molecule has 2 bridgehead atoms. The Morgan fingerprint density at radius 3 is 1.35 bits per heavy atom. The van der Waals surface area contributed by atoms with E-state index in [0.29, 0.717) is 11.8 Å². The largest absolute Gasteiger partial charge is 0.364 e. The van der Waals surface area contributed by atoms with Crippen LogP contribution in [0.2, 0.25) is 0 Å². The summed E-state index contributed by atoms with van der Waals surface area (Å²) in [5.41, 5.74) is 8.48. The quantitative estimate of drug-likeness (QED) is 0.542. The molecule has 0 unspecified atom stereocenters. The van der Waals surface area contributed by atoms with Crippen LogP contribution in [0.25, 0.3) is 11.1 Å². The molecule has 6 rings (SSSR count). The van der Waals surface area contributed by atoms with Gasteiger partial charge >= 0.3 is 0 Å². The molecule has 1 nitrogen and oxygen atoms in total. The van der Waals surface area contributed by atoms with Gasteiger partial charge in [0.15, 0.2) is 0 Å². The fourth-order valence-electron chi connectivity index (χ4n) is 5.05. The molecule has 2 aliphatic heterocycles. The predicted molar refractivity (Wildman–Crippen MR) is 90.4 cm³/mol. The molecule has 0 amide bonds. The third kappa shape index (κ3) is 1.37. The highest BCUT2D eigenvalue weighted by Crippen LogP contribution is 2.67. The second kappa shape index (κ2) is 4.12. The highest BCUT2D eigenvalue weighted by Gasteiger charge is 2.55. The number of rotatable bonds is 0. The lowest BCUT2D eigenvalue weighted by atomic mass is 9.64. The summed E-state index contributed by atoms with van der Waals surface area (Å²) in [7, 11) is 0. The van der Waals surface area contributed by atoms with Crippen LogP contribution in [-0.4, -0.2) is 0 Å². The molecule has 1 aliphatic carbocycles. The van der Waals surface area contributed by atoms with Crippen LogP contribution in [0.1, 0.15) is 46.3 Å². The van der Waals surface area contributed by atoms with Crippen molar-refractivity contribution in [3.8, 4) is 11.1 Å². The summed E-state index contributed by atoms with van der Waals surface area (Å²) in [5, 5.41) is 0. The Kier molecular flexibility index (Phi) is 2.17. The fraction of sp³-hybridized carbons (Fsp3) is 0.182. The normalized spacial score (nSPS) is 28.7. The fourth-order valence-corrected chi connectivity index (χ4v) is 5.05. The molecule has 3 aliphatic rings. The van der Waals surface area contributed by atoms with Gasteiger partial charge in [-0.25, -0.2) is 0 Å². The van der Waals surface area contributed by atoms with Crippen molar-refractivity contribution in [3.63, 3.8) is 0 Å². The lowest BCUT2D eigenvalue weighted by Crippen LogP contribution is -2.23. The molecule has 1 heteroatoms. The van der Waals surface area contributed by atoms with E-state index in [9.17, 15) is 0 Å². The van der Waals surface area contributed by atoms with Gasteiger partial charge in [-0.1, -0.05) is 72.8 Å². The predicted octanol–water partition coefficient (Wildman–Crippen LogP) is 5.36. The third-order valence-electron chi connectivity index (χ3n) is 5.87. The van der Waals surface area contributed by atoms with E-state index < -0.39 is 0 Å². The molecule has 4 atom stereocenters. The molecule has 2 heterocycles. The zero-order valence-corrected chi connectivity index (χ0v) is 12.6. The van der Waals surface area contributed by atoms with Crippen molar-refractivity contribution in [2.45, 2.75) is 24.0 Å². The van der Waals surface area contributed by atoms with Crippen molar-refractivity contribution in [2.24, 2.45) is 0 Å². The van der Waals surface area contributed by atoms with Gasteiger partial charge in [0.1, 0.15) is 0 Å². The van der Waals surface area contributed by atoms with E-state index in [1.54, 1.807) is 0 Å². The van der Waals surface area contributed by atoms with Crippen LogP contribution in [0.4, 0.5) is 0 Å². The van der Waals surface area contributed by atoms with Crippen LogP contribution in [-0.2, 0) is 4.74 Å². The zero-order chi connectivity index (χ0) is 15.0. The van der Waals surface area contributed by atoms with Gasteiger partial charge in [-0.3, -0.25) is 0 Å². The monoisotopic (exact) mass is 296 g/mol. The molecule has 23 heavy (non-hydrogen) atoms. The summed E-state index contributed by atoms with van der Waals surface area (Å²) in [5.74, 6) is 0.891. The Hall–Kier alpha value is -2.38. The third-order valence-corrected chi connectivity index (χ3v) is 5.87. The molecule has 3 aromatic rings. The van der Waals surface area contributed by atoms with Crippen molar-refractivity contribution >= 4 is 0 Å². The van der Waals surface area contributed by atoms with Crippen molar-refractivity contribution in [1.82, 2.24) is 0 Å². The second-order valence-corrected chi connectivity index (χ2v) is 6.83. The van der Waals surface area contributed by atoms with Crippen molar-refractivity contribution in [3.05, 3.63) is 95.1 Å². The summed E-state index contributed by atoms with van der Waals surface area (Å²) >= 11 is 0. The molecule has 0 spiro atoms. The number of benzene rings is 3. The van der Waals surface area contributed by atoms with E-state index in [4.69, 9.17) is 4.74 Å². The van der Waals surface area contributed by atoms with Crippen LogP contribution in [0.3, 0.4) is 0 Å². The first-order valence-electron chi connectivity index (χ1n) is 8.36. The molecular formula is C22H16O. The van der Waals surface area contributed by atoms with E-state index >= 15 is 0 Å². The summed E-state index contributed by atoms with van der Waals surface area (Å²) < 4.78 is 6.50. The van der Waals surface area contributed by atoms with Gasteiger partial charge in [0.25, 0.3) is 0 Å². The Morgan fingerprint density at radius 2 is 0.870 bits per heavy atom. The Morgan fingerprint density at radius 1 is 0.478 bits per heavy atom. The molecular weight excluding hydrogens is 280 g/mol. The highest BCUT2D eigenvalue weighted by molar-refractivity contribution is 5.76. The summed E-state index contributed by atoms with van der Waals surface area (Å²) in [6, 6.07) is 26.6. The first-order valence-corrected chi connectivity index (χ1v) is 8.36. The standard InChI is InChI=1S/C22H16O/c1-3-9-15-13(7-1)14-8-2-4-10-16(14)20-19(15)21-17-11-5-6-12-18(17)22(20)23-21/h1-12,19-22H/t19-,20+,21+,22-.